The highest BCUT2D eigenvalue weighted by molar-refractivity contribution is 5.98. The fourth-order valence-corrected chi connectivity index (χ4v) is 4.67. The van der Waals surface area contributed by atoms with Crippen molar-refractivity contribution in [3.63, 3.8) is 0 Å². The van der Waals surface area contributed by atoms with E-state index in [0.29, 0.717) is 40.8 Å². The maximum Gasteiger partial charge on any atom is 0.320 e. The van der Waals surface area contributed by atoms with E-state index < -0.39 is 5.54 Å². The number of carbonyl (C=O) groups is 2. The number of morpholine rings is 1. The quantitative estimate of drug-likeness (QED) is 0.395. The zero-order valence-corrected chi connectivity index (χ0v) is 24.7. The van der Waals surface area contributed by atoms with Gasteiger partial charge in [-0.1, -0.05) is 0 Å². The molecular weight excluding hydrogens is 524 g/mol. The number of hydrogen-bond donors (Lipinski definition) is 2. The lowest BCUT2D eigenvalue weighted by Gasteiger charge is -2.28. The molecule has 0 spiro atoms. The molecule has 1 fully saturated rings. The summed E-state index contributed by atoms with van der Waals surface area (Å²) in [5, 5.41) is 6.59. The predicted molar refractivity (Wildman–Crippen MR) is 160 cm³/mol. The molecule has 0 saturated carbocycles. The van der Waals surface area contributed by atoms with Gasteiger partial charge in [-0.05, 0) is 51.0 Å². The van der Waals surface area contributed by atoms with E-state index in [0.717, 1.165) is 50.2 Å². The Hall–Kier alpha value is -3.96. The van der Waals surface area contributed by atoms with Crippen molar-refractivity contribution in [3.8, 4) is 22.6 Å². The molecule has 2 aromatic heterocycles. The van der Waals surface area contributed by atoms with Gasteiger partial charge in [-0.25, -0.2) is 14.8 Å². The van der Waals surface area contributed by atoms with Crippen molar-refractivity contribution in [2.45, 2.75) is 39.7 Å². The van der Waals surface area contributed by atoms with Gasteiger partial charge in [0.15, 0.2) is 0 Å². The van der Waals surface area contributed by atoms with Gasteiger partial charge < -0.3 is 19.5 Å². The molecular formula is C30H40N6O5. The minimum absolute atomic E-state index is 0.0955. The van der Waals surface area contributed by atoms with Gasteiger partial charge in [0, 0.05) is 67.9 Å². The van der Waals surface area contributed by atoms with Crippen LogP contribution in [-0.4, -0.2) is 86.0 Å². The summed E-state index contributed by atoms with van der Waals surface area (Å²) in [7, 11) is 3.17. The van der Waals surface area contributed by atoms with E-state index in [4.69, 9.17) is 19.2 Å². The molecule has 3 heterocycles. The number of hydrogen-bond acceptors (Lipinski definition) is 8. The number of carbonyl (C=O) groups excluding carboxylic acids is 2. The molecule has 1 saturated heterocycles. The second kappa shape index (κ2) is 13.1. The number of aromatic nitrogens is 2. The van der Waals surface area contributed by atoms with Crippen LogP contribution in [-0.2, 0) is 9.53 Å². The van der Waals surface area contributed by atoms with Gasteiger partial charge in [-0.2, -0.15) is 0 Å². The zero-order chi connectivity index (χ0) is 29.6. The maximum atomic E-state index is 12.9. The SMILES string of the molecule is COc1cc(OC)cc(-c2cc3cnc(N(CCCN4CCOCC4)C(C)=O)cc3nc2NC(=O)NC(C)(C)C)c1. The number of nitrogens with one attached hydrogen (secondary N) is 2. The molecule has 11 nitrogen and oxygen atoms in total. The van der Waals surface area contributed by atoms with Gasteiger partial charge in [0.2, 0.25) is 5.91 Å². The number of pyridine rings is 2. The molecule has 11 heteroatoms. The summed E-state index contributed by atoms with van der Waals surface area (Å²) < 4.78 is 16.4. The van der Waals surface area contributed by atoms with Crippen molar-refractivity contribution >= 4 is 34.5 Å². The maximum absolute atomic E-state index is 12.9. The number of benzene rings is 1. The molecule has 0 unspecified atom stereocenters. The van der Waals surface area contributed by atoms with Crippen LogP contribution in [0.3, 0.4) is 0 Å². The molecule has 1 aromatic carbocycles. The number of ether oxygens (including phenoxy) is 3. The fourth-order valence-electron chi connectivity index (χ4n) is 4.67. The first-order valence-electron chi connectivity index (χ1n) is 13.8. The third-order valence-electron chi connectivity index (χ3n) is 6.68. The summed E-state index contributed by atoms with van der Waals surface area (Å²) in [5.74, 6) is 1.98. The Morgan fingerprint density at radius 2 is 1.73 bits per heavy atom. The van der Waals surface area contributed by atoms with Crippen molar-refractivity contribution in [2.24, 2.45) is 0 Å². The zero-order valence-electron chi connectivity index (χ0n) is 24.7. The van der Waals surface area contributed by atoms with Crippen LogP contribution in [0.25, 0.3) is 22.0 Å². The van der Waals surface area contributed by atoms with Gasteiger partial charge >= 0.3 is 6.03 Å². The molecule has 1 aliphatic rings. The highest BCUT2D eigenvalue weighted by Crippen LogP contribution is 2.35. The van der Waals surface area contributed by atoms with Crippen LogP contribution in [0.4, 0.5) is 16.4 Å². The summed E-state index contributed by atoms with van der Waals surface area (Å²) >= 11 is 0. The van der Waals surface area contributed by atoms with Gasteiger partial charge in [-0.3, -0.25) is 19.9 Å². The average Bonchev–Trinajstić information content (AvgIpc) is 2.93. The molecule has 0 atom stereocenters. The summed E-state index contributed by atoms with van der Waals surface area (Å²) in [5.41, 5.74) is 1.57. The molecule has 0 radical (unpaired) electrons. The number of methoxy groups -OCH3 is 2. The molecule has 3 aromatic rings. The topological polar surface area (TPSA) is 118 Å². The molecule has 4 rings (SSSR count). The lowest BCUT2D eigenvalue weighted by molar-refractivity contribution is -0.116. The van der Waals surface area contributed by atoms with E-state index in [1.165, 1.54) is 6.92 Å². The predicted octanol–water partition coefficient (Wildman–Crippen LogP) is 4.31. The lowest BCUT2D eigenvalue weighted by atomic mass is 10.0. The van der Waals surface area contributed by atoms with Crippen LogP contribution in [0.5, 0.6) is 11.5 Å². The van der Waals surface area contributed by atoms with E-state index in [-0.39, 0.29) is 11.9 Å². The third-order valence-corrected chi connectivity index (χ3v) is 6.68. The lowest BCUT2D eigenvalue weighted by Crippen LogP contribution is -2.43. The minimum Gasteiger partial charge on any atom is -0.497 e. The third kappa shape index (κ3) is 8.05. The standard InChI is InChI=1S/C30H40N6O5/c1-20(37)36(9-7-8-35-10-12-41-13-11-35)27-18-26-22(19-31-27)16-25(21-14-23(39-5)17-24(15-21)40-6)28(32-26)33-29(38)34-30(2,3)4/h14-19H,7-13H2,1-6H3,(H2,32,33,34,38). The second-order valence-electron chi connectivity index (χ2n) is 11.0. The van der Waals surface area contributed by atoms with E-state index in [1.807, 2.05) is 39.0 Å². The largest absolute Gasteiger partial charge is 0.497 e. The molecule has 3 amide bonds. The fraction of sp³-hybridized carbons (Fsp3) is 0.467. The molecule has 0 bridgehead atoms. The number of anilines is 2. The van der Waals surface area contributed by atoms with Crippen molar-refractivity contribution in [1.29, 1.82) is 0 Å². The van der Waals surface area contributed by atoms with Crippen LogP contribution in [0.2, 0.25) is 0 Å². The Kier molecular flexibility index (Phi) is 9.61. The molecule has 41 heavy (non-hydrogen) atoms. The highest BCUT2D eigenvalue weighted by atomic mass is 16.5. The second-order valence-corrected chi connectivity index (χ2v) is 11.0. The van der Waals surface area contributed by atoms with Gasteiger partial charge in [0.1, 0.15) is 23.1 Å². The van der Waals surface area contributed by atoms with Crippen molar-refractivity contribution in [1.82, 2.24) is 20.2 Å². The number of amides is 3. The van der Waals surface area contributed by atoms with Gasteiger partial charge in [0.05, 0.1) is 33.0 Å². The average molecular weight is 565 g/mol. The molecule has 220 valence electrons. The van der Waals surface area contributed by atoms with Gasteiger partial charge in [0.25, 0.3) is 0 Å². The highest BCUT2D eigenvalue weighted by Gasteiger charge is 2.20. The Bertz CT molecular complexity index is 1360. The number of rotatable bonds is 9. The van der Waals surface area contributed by atoms with Crippen LogP contribution in [0.15, 0.2) is 36.5 Å². The molecule has 0 aliphatic carbocycles. The van der Waals surface area contributed by atoms with Crippen molar-refractivity contribution < 1.29 is 23.8 Å². The van der Waals surface area contributed by atoms with Crippen molar-refractivity contribution in [2.75, 3.05) is 63.8 Å². The molecule has 2 N–H and O–H groups in total. The van der Waals surface area contributed by atoms with Crippen LogP contribution in [0, 0.1) is 0 Å². The Labute approximate surface area is 241 Å². The summed E-state index contributed by atoms with van der Waals surface area (Å²) in [6.45, 7) is 11.9. The Morgan fingerprint density at radius 3 is 2.34 bits per heavy atom. The van der Waals surface area contributed by atoms with E-state index in [9.17, 15) is 9.59 Å². The number of nitrogens with zero attached hydrogens (tertiary/aromatic N) is 4. The monoisotopic (exact) mass is 564 g/mol. The van der Waals surface area contributed by atoms with Crippen LogP contribution in [0.1, 0.15) is 34.1 Å². The van der Waals surface area contributed by atoms with Crippen LogP contribution < -0.4 is 25.0 Å². The van der Waals surface area contributed by atoms with Gasteiger partial charge in [-0.15, -0.1) is 0 Å². The first-order valence-corrected chi connectivity index (χ1v) is 13.8. The molecule has 1 aliphatic heterocycles. The minimum atomic E-state index is -0.444. The van der Waals surface area contributed by atoms with E-state index in [2.05, 4.69) is 20.5 Å². The smallest absolute Gasteiger partial charge is 0.320 e. The van der Waals surface area contributed by atoms with Crippen molar-refractivity contribution in [3.05, 3.63) is 36.5 Å². The first kappa shape index (κ1) is 30.0. The van der Waals surface area contributed by atoms with E-state index in [1.54, 1.807) is 37.4 Å². The Morgan fingerprint density at radius 1 is 1.05 bits per heavy atom. The summed E-state index contributed by atoms with van der Waals surface area (Å²) in [4.78, 5) is 39.0. The Balaban J connectivity index is 1.70. The number of urea groups is 1. The summed E-state index contributed by atoms with van der Waals surface area (Å²) in [6.07, 6.45) is 2.51. The first-order chi connectivity index (χ1) is 19.6. The van der Waals surface area contributed by atoms with Crippen LogP contribution >= 0.6 is 0 Å². The number of fused-ring (bicyclic) bond motifs is 1. The van der Waals surface area contributed by atoms with E-state index >= 15 is 0 Å². The normalized spacial score (nSPS) is 14.0. The summed E-state index contributed by atoms with van der Waals surface area (Å²) in [6, 6.07) is 8.80.